The van der Waals surface area contributed by atoms with Crippen LogP contribution in [0.15, 0.2) is 73.0 Å². The number of aromatic amines is 1. The van der Waals surface area contributed by atoms with E-state index in [0.29, 0.717) is 5.39 Å². The van der Waals surface area contributed by atoms with Crippen molar-refractivity contribution in [2.45, 2.75) is 0 Å². The van der Waals surface area contributed by atoms with E-state index in [9.17, 15) is 14.4 Å². The molecule has 0 spiro atoms. The summed E-state index contributed by atoms with van der Waals surface area (Å²) in [5, 5.41) is 7.27. The van der Waals surface area contributed by atoms with Crippen LogP contribution in [0, 0.1) is 4.77 Å². The van der Waals surface area contributed by atoms with Crippen LogP contribution < -0.4 is 16.7 Å². The zero-order valence-corrected chi connectivity index (χ0v) is 17.5. The number of rotatable bonds is 3. The highest BCUT2D eigenvalue weighted by molar-refractivity contribution is 7.71. The van der Waals surface area contributed by atoms with E-state index in [2.05, 4.69) is 15.6 Å². The predicted molar refractivity (Wildman–Crippen MR) is 120 cm³/mol. The van der Waals surface area contributed by atoms with E-state index in [4.69, 9.17) is 32.7 Å². The molecule has 158 valence electrons. The molecular weight excluding hydrogens is 456 g/mol. The molecule has 0 saturated carbocycles. The molecule has 0 bridgehead atoms. The third-order valence-corrected chi connectivity index (χ3v) is 5.35. The van der Waals surface area contributed by atoms with E-state index in [0.717, 1.165) is 4.68 Å². The van der Waals surface area contributed by atoms with E-state index in [-0.39, 0.29) is 43.3 Å². The van der Waals surface area contributed by atoms with Crippen LogP contribution in [0.4, 0.5) is 0 Å². The van der Waals surface area contributed by atoms with Crippen LogP contribution in [0.5, 0.6) is 0 Å². The first-order valence-electron chi connectivity index (χ1n) is 9.17. The number of H-pyrrole nitrogens is 1. The summed E-state index contributed by atoms with van der Waals surface area (Å²) in [5.74, 6) is -0.636. The highest BCUT2D eigenvalue weighted by Gasteiger charge is 2.20. The van der Waals surface area contributed by atoms with E-state index in [1.807, 2.05) is 0 Å². The van der Waals surface area contributed by atoms with Gasteiger partial charge in [-0.3, -0.25) is 10.2 Å². The molecule has 0 unspecified atom stereocenters. The molecule has 5 aromatic rings. The fraction of sp³-hybridized carbons (Fsp3) is 0. The lowest BCUT2D eigenvalue weighted by atomic mass is 10.1. The van der Waals surface area contributed by atoms with Crippen molar-refractivity contribution < 1.29 is 13.6 Å². The van der Waals surface area contributed by atoms with Gasteiger partial charge >= 0.3 is 11.3 Å². The van der Waals surface area contributed by atoms with Crippen LogP contribution in [0.2, 0.25) is 5.02 Å². The van der Waals surface area contributed by atoms with E-state index >= 15 is 0 Å². The van der Waals surface area contributed by atoms with Gasteiger partial charge in [0.25, 0.3) is 5.91 Å². The van der Waals surface area contributed by atoms with Crippen LogP contribution in [0.1, 0.15) is 10.4 Å². The Morgan fingerprint density at radius 2 is 1.78 bits per heavy atom. The Morgan fingerprint density at radius 3 is 2.59 bits per heavy atom. The fourth-order valence-corrected chi connectivity index (χ4v) is 3.66. The average Bonchev–Trinajstić information content (AvgIpc) is 3.13. The van der Waals surface area contributed by atoms with Gasteiger partial charge < -0.3 is 8.83 Å². The molecule has 5 rings (SSSR count). The second-order valence-corrected chi connectivity index (χ2v) is 7.48. The number of carbonyl (C=O) groups excluding carboxylic acids is 1. The number of nitrogens with zero attached hydrogens (tertiary/aromatic N) is 2. The van der Waals surface area contributed by atoms with E-state index < -0.39 is 17.2 Å². The summed E-state index contributed by atoms with van der Waals surface area (Å²) in [6.45, 7) is 0. The molecule has 2 aromatic carbocycles. The number of halogens is 1. The highest BCUT2D eigenvalue weighted by atomic mass is 35.5. The van der Waals surface area contributed by atoms with E-state index in [1.165, 1.54) is 12.1 Å². The third kappa shape index (κ3) is 3.22. The standard InChI is InChI=1S/C21H11ClN4O5S/c22-14-7-3-1-5-10(14)18(27)25-26-17(23-24-21(26)32)13-9-12-16(31-20(13)29)11-6-2-4-8-15(11)30-19(12)28/h1-9H,(H,24,32)(H,25,27). The molecular formula is C21H11ClN4O5S. The number of aromatic nitrogens is 3. The lowest BCUT2D eigenvalue weighted by Crippen LogP contribution is -2.25. The molecule has 0 fully saturated rings. The van der Waals surface area contributed by atoms with Gasteiger partial charge in [-0.2, -0.15) is 5.10 Å². The summed E-state index contributed by atoms with van der Waals surface area (Å²) in [6.07, 6.45) is 0. The van der Waals surface area contributed by atoms with Crippen molar-refractivity contribution in [3.63, 3.8) is 0 Å². The summed E-state index contributed by atoms with van der Waals surface area (Å²) in [6, 6.07) is 14.4. The minimum Gasteiger partial charge on any atom is -0.422 e. The Morgan fingerprint density at radius 1 is 1.03 bits per heavy atom. The summed E-state index contributed by atoms with van der Waals surface area (Å²) < 4.78 is 11.9. The molecule has 32 heavy (non-hydrogen) atoms. The van der Waals surface area contributed by atoms with Crippen LogP contribution in [-0.2, 0) is 0 Å². The summed E-state index contributed by atoms with van der Waals surface area (Å²) >= 11 is 11.3. The van der Waals surface area contributed by atoms with Gasteiger partial charge in [-0.25, -0.2) is 19.4 Å². The van der Waals surface area contributed by atoms with Gasteiger partial charge in [-0.05, 0) is 42.5 Å². The number of hydrogen-bond acceptors (Lipinski definition) is 7. The first-order valence-corrected chi connectivity index (χ1v) is 9.96. The molecule has 0 atom stereocenters. The second-order valence-electron chi connectivity index (χ2n) is 6.68. The van der Waals surface area contributed by atoms with Crippen molar-refractivity contribution in [3.8, 4) is 11.4 Å². The summed E-state index contributed by atoms with van der Waals surface area (Å²) in [4.78, 5) is 38.0. The first-order chi connectivity index (χ1) is 15.4. The molecule has 0 aliphatic heterocycles. The van der Waals surface area contributed by atoms with Crippen LogP contribution in [-0.4, -0.2) is 20.8 Å². The molecule has 2 N–H and O–H groups in total. The van der Waals surface area contributed by atoms with Crippen LogP contribution in [0.3, 0.4) is 0 Å². The molecule has 0 saturated heterocycles. The van der Waals surface area contributed by atoms with Gasteiger partial charge in [0.05, 0.1) is 16.0 Å². The number of amides is 1. The first kappa shape index (κ1) is 19.9. The zero-order chi connectivity index (χ0) is 22.4. The number of nitrogens with one attached hydrogen (secondary N) is 2. The van der Waals surface area contributed by atoms with Gasteiger partial charge in [-0.1, -0.05) is 35.9 Å². The van der Waals surface area contributed by atoms with Crippen LogP contribution in [0.25, 0.3) is 33.3 Å². The Hall–Kier alpha value is -4.02. The normalized spacial score (nSPS) is 11.2. The van der Waals surface area contributed by atoms with Crippen molar-refractivity contribution in [2.75, 3.05) is 5.43 Å². The van der Waals surface area contributed by atoms with Gasteiger partial charge in [-0.15, -0.1) is 0 Å². The Bertz CT molecular complexity index is 1720. The van der Waals surface area contributed by atoms with Gasteiger partial charge in [0.1, 0.15) is 16.5 Å². The van der Waals surface area contributed by atoms with Gasteiger partial charge in [0.15, 0.2) is 11.4 Å². The Balaban J connectivity index is 1.67. The summed E-state index contributed by atoms with van der Waals surface area (Å²) in [7, 11) is 0. The van der Waals surface area contributed by atoms with Crippen molar-refractivity contribution >= 4 is 51.7 Å². The number of fused-ring (bicyclic) bond motifs is 3. The lowest BCUT2D eigenvalue weighted by molar-refractivity contribution is 0.101. The maximum absolute atomic E-state index is 12.8. The van der Waals surface area contributed by atoms with Gasteiger partial charge in [0.2, 0.25) is 4.77 Å². The van der Waals surface area contributed by atoms with Crippen molar-refractivity contribution in [1.82, 2.24) is 14.9 Å². The second kappa shape index (κ2) is 7.59. The molecule has 0 radical (unpaired) electrons. The molecule has 0 aliphatic rings. The maximum Gasteiger partial charge on any atom is 0.347 e. The maximum atomic E-state index is 12.8. The van der Waals surface area contributed by atoms with Crippen LogP contribution >= 0.6 is 23.8 Å². The number of para-hydroxylation sites is 1. The number of benzene rings is 2. The predicted octanol–water partition coefficient (Wildman–Crippen LogP) is 3.86. The fourth-order valence-electron chi connectivity index (χ4n) is 3.27. The molecule has 3 heterocycles. The molecule has 9 nitrogen and oxygen atoms in total. The van der Waals surface area contributed by atoms with Crippen molar-refractivity contribution in [1.29, 1.82) is 0 Å². The summed E-state index contributed by atoms with van der Waals surface area (Å²) in [5.41, 5.74) is 1.54. The quantitative estimate of drug-likeness (QED) is 0.235. The highest BCUT2D eigenvalue weighted by Crippen LogP contribution is 2.24. The Labute approximate surface area is 187 Å². The molecule has 11 heteroatoms. The largest absolute Gasteiger partial charge is 0.422 e. The minimum absolute atomic E-state index is 0.00504. The topological polar surface area (TPSA) is 123 Å². The number of hydrogen-bond donors (Lipinski definition) is 2. The molecule has 1 amide bonds. The monoisotopic (exact) mass is 466 g/mol. The molecule has 0 aliphatic carbocycles. The van der Waals surface area contributed by atoms with E-state index in [1.54, 1.807) is 42.5 Å². The Kier molecular flexibility index (Phi) is 4.72. The number of carbonyl (C=O) groups is 1. The third-order valence-electron chi connectivity index (χ3n) is 4.75. The minimum atomic E-state index is -0.782. The van der Waals surface area contributed by atoms with Crippen molar-refractivity contribution in [2.24, 2.45) is 0 Å². The lowest BCUT2D eigenvalue weighted by Gasteiger charge is -2.09. The average molecular weight is 467 g/mol. The van der Waals surface area contributed by atoms with Gasteiger partial charge in [0, 0.05) is 0 Å². The van der Waals surface area contributed by atoms with Crippen molar-refractivity contribution in [3.05, 3.63) is 90.8 Å². The molecule has 3 aromatic heterocycles. The SMILES string of the molecule is O=C(Nn1c(-c2cc3c(=O)oc4ccccc4c3oc2=O)n[nH]c1=S)c1ccccc1Cl. The zero-order valence-electron chi connectivity index (χ0n) is 15.9. The smallest absolute Gasteiger partial charge is 0.347 e.